The van der Waals surface area contributed by atoms with Crippen LogP contribution < -0.4 is 15.4 Å². The standard InChI is InChI=1S/C19H22F2N2O2/c1-4-22-12(2)11-23-19(24)16-7-5-13(9-17(16)20)15-8-6-14(25-3)10-18(15)21/h5-10,12,22H,4,11H2,1-3H3,(H,23,24)/t12-/m1/s1. The van der Waals surface area contributed by atoms with E-state index in [0.29, 0.717) is 17.9 Å². The van der Waals surface area contributed by atoms with Gasteiger partial charge in [0.2, 0.25) is 0 Å². The highest BCUT2D eigenvalue weighted by Gasteiger charge is 2.15. The molecule has 6 heteroatoms. The van der Waals surface area contributed by atoms with E-state index >= 15 is 0 Å². The minimum Gasteiger partial charge on any atom is -0.497 e. The number of hydrogen-bond donors (Lipinski definition) is 2. The van der Waals surface area contributed by atoms with Crippen LogP contribution in [-0.4, -0.2) is 32.1 Å². The first-order valence-corrected chi connectivity index (χ1v) is 8.11. The van der Waals surface area contributed by atoms with Crippen LogP contribution in [0.15, 0.2) is 36.4 Å². The Hall–Kier alpha value is -2.47. The van der Waals surface area contributed by atoms with Crippen molar-refractivity contribution in [2.24, 2.45) is 0 Å². The van der Waals surface area contributed by atoms with E-state index in [1.54, 1.807) is 6.07 Å². The number of nitrogens with one attached hydrogen (secondary N) is 2. The minimum atomic E-state index is -0.693. The maximum absolute atomic E-state index is 14.3. The molecule has 0 aliphatic rings. The van der Waals surface area contributed by atoms with Crippen LogP contribution in [0.2, 0.25) is 0 Å². The highest BCUT2D eigenvalue weighted by Crippen LogP contribution is 2.27. The van der Waals surface area contributed by atoms with Gasteiger partial charge in [0.05, 0.1) is 12.7 Å². The molecule has 0 bridgehead atoms. The third kappa shape index (κ3) is 4.76. The van der Waals surface area contributed by atoms with Gasteiger partial charge < -0.3 is 15.4 Å². The number of carbonyl (C=O) groups excluding carboxylic acids is 1. The van der Waals surface area contributed by atoms with Crippen LogP contribution in [0.3, 0.4) is 0 Å². The summed E-state index contributed by atoms with van der Waals surface area (Å²) in [5.74, 6) is -1.33. The molecule has 1 atom stereocenters. The molecule has 0 saturated carbocycles. The molecule has 0 aliphatic carbocycles. The van der Waals surface area contributed by atoms with Crippen LogP contribution >= 0.6 is 0 Å². The predicted molar refractivity (Wildman–Crippen MR) is 93.8 cm³/mol. The summed E-state index contributed by atoms with van der Waals surface area (Å²) in [6, 6.07) is 8.48. The Kier molecular flexibility index (Phi) is 6.47. The summed E-state index contributed by atoms with van der Waals surface area (Å²) < 4.78 is 33.4. The van der Waals surface area contributed by atoms with Crippen molar-refractivity contribution < 1.29 is 18.3 Å². The van der Waals surface area contributed by atoms with E-state index in [9.17, 15) is 13.6 Å². The lowest BCUT2D eigenvalue weighted by molar-refractivity contribution is 0.0946. The van der Waals surface area contributed by atoms with Gasteiger partial charge in [-0.1, -0.05) is 13.0 Å². The number of halogens is 2. The molecular weight excluding hydrogens is 326 g/mol. The number of carbonyl (C=O) groups is 1. The molecule has 0 heterocycles. The first-order chi connectivity index (χ1) is 12.0. The molecule has 0 fully saturated rings. The van der Waals surface area contributed by atoms with Crippen LogP contribution in [0.5, 0.6) is 5.75 Å². The highest BCUT2D eigenvalue weighted by atomic mass is 19.1. The average Bonchev–Trinajstić information content (AvgIpc) is 2.59. The van der Waals surface area contributed by atoms with E-state index in [4.69, 9.17) is 4.74 Å². The Balaban J connectivity index is 2.16. The van der Waals surface area contributed by atoms with E-state index in [1.165, 1.54) is 31.4 Å². The van der Waals surface area contributed by atoms with Gasteiger partial charge >= 0.3 is 0 Å². The van der Waals surface area contributed by atoms with E-state index < -0.39 is 17.5 Å². The minimum absolute atomic E-state index is 0.0682. The lowest BCUT2D eigenvalue weighted by atomic mass is 10.0. The van der Waals surface area contributed by atoms with Gasteiger partial charge in [-0.2, -0.15) is 0 Å². The van der Waals surface area contributed by atoms with Crippen molar-refractivity contribution in [3.8, 4) is 16.9 Å². The Morgan fingerprint density at radius 3 is 2.52 bits per heavy atom. The zero-order chi connectivity index (χ0) is 18.4. The zero-order valence-electron chi connectivity index (χ0n) is 14.5. The van der Waals surface area contributed by atoms with E-state index in [2.05, 4.69) is 10.6 Å². The summed E-state index contributed by atoms with van der Waals surface area (Å²) in [5.41, 5.74) is 0.531. The second-order valence-corrected chi connectivity index (χ2v) is 5.71. The van der Waals surface area contributed by atoms with Gasteiger partial charge in [-0.05, 0) is 43.3 Å². The van der Waals surface area contributed by atoms with Crippen LogP contribution in [0.4, 0.5) is 8.78 Å². The number of hydrogen-bond acceptors (Lipinski definition) is 3. The van der Waals surface area contributed by atoms with Gasteiger partial charge in [0, 0.05) is 24.2 Å². The third-order valence-electron chi connectivity index (χ3n) is 3.82. The Morgan fingerprint density at radius 2 is 1.92 bits per heavy atom. The molecule has 0 unspecified atom stereocenters. The van der Waals surface area contributed by atoms with Crippen molar-refractivity contribution in [2.75, 3.05) is 20.2 Å². The number of ether oxygens (including phenoxy) is 1. The van der Waals surface area contributed by atoms with Gasteiger partial charge in [-0.15, -0.1) is 0 Å². The van der Waals surface area contributed by atoms with Crippen LogP contribution in [0.1, 0.15) is 24.2 Å². The molecule has 134 valence electrons. The summed E-state index contributed by atoms with van der Waals surface area (Å²) in [7, 11) is 1.44. The second kappa shape index (κ2) is 8.58. The molecule has 2 rings (SSSR count). The molecule has 2 N–H and O–H groups in total. The zero-order valence-corrected chi connectivity index (χ0v) is 14.5. The fourth-order valence-electron chi connectivity index (χ4n) is 2.49. The summed E-state index contributed by atoms with van der Waals surface area (Å²) in [6.07, 6.45) is 0. The van der Waals surface area contributed by atoms with E-state index in [-0.39, 0.29) is 17.2 Å². The summed E-state index contributed by atoms with van der Waals surface area (Å²) in [6.45, 7) is 5.07. The van der Waals surface area contributed by atoms with E-state index in [1.807, 2.05) is 13.8 Å². The van der Waals surface area contributed by atoms with Gasteiger partial charge in [0.25, 0.3) is 5.91 Å². The largest absolute Gasteiger partial charge is 0.497 e. The fraction of sp³-hybridized carbons (Fsp3) is 0.316. The second-order valence-electron chi connectivity index (χ2n) is 5.71. The number of methoxy groups -OCH3 is 1. The molecule has 0 aromatic heterocycles. The lowest BCUT2D eigenvalue weighted by Gasteiger charge is -2.14. The normalized spacial score (nSPS) is 11.9. The number of amides is 1. The highest BCUT2D eigenvalue weighted by molar-refractivity contribution is 5.95. The number of benzene rings is 2. The number of likely N-dealkylation sites (N-methyl/N-ethyl adjacent to an activating group) is 1. The average molecular weight is 348 g/mol. The molecule has 25 heavy (non-hydrogen) atoms. The molecule has 0 radical (unpaired) electrons. The Labute approximate surface area is 146 Å². The third-order valence-corrected chi connectivity index (χ3v) is 3.82. The Morgan fingerprint density at radius 1 is 1.16 bits per heavy atom. The predicted octanol–water partition coefficient (Wildman–Crippen LogP) is 3.37. The fourth-order valence-corrected chi connectivity index (χ4v) is 2.49. The molecule has 0 spiro atoms. The van der Waals surface area contributed by atoms with Crippen LogP contribution in [-0.2, 0) is 0 Å². The molecule has 2 aromatic rings. The summed E-state index contributed by atoms with van der Waals surface area (Å²) in [5, 5.41) is 5.83. The van der Waals surface area contributed by atoms with Crippen molar-refractivity contribution in [1.29, 1.82) is 0 Å². The van der Waals surface area contributed by atoms with Gasteiger partial charge in [-0.25, -0.2) is 8.78 Å². The maximum Gasteiger partial charge on any atom is 0.254 e. The molecule has 4 nitrogen and oxygen atoms in total. The molecule has 2 aromatic carbocycles. The maximum atomic E-state index is 14.3. The summed E-state index contributed by atoms with van der Waals surface area (Å²) in [4.78, 5) is 12.1. The molecule has 0 aliphatic heterocycles. The topological polar surface area (TPSA) is 50.4 Å². The first kappa shape index (κ1) is 18.9. The van der Waals surface area contributed by atoms with Gasteiger partial charge in [0.15, 0.2) is 0 Å². The van der Waals surface area contributed by atoms with Gasteiger partial charge in [0.1, 0.15) is 17.4 Å². The van der Waals surface area contributed by atoms with Crippen molar-refractivity contribution in [3.63, 3.8) is 0 Å². The number of rotatable bonds is 7. The summed E-state index contributed by atoms with van der Waals surface area (Å²) >= 11 is 0. The molecule has 1 amide bonds. The van der Waals surface area contributed by atoms with Gasteiger partial charge in [-0.3, -0.25) is 4.79 Å². The smallest absolute Gasteiger partial charge is 0.254 e. The van der Waals surface area contributed by atoms with Crippen LogP contribution in [0, 0.1) is 11.6 Å². The van der Waals surface area contributed by atoms with Crippen molar-refractivity contribution in [2.45, 2.75) is 19.9 Å². The quantitative estimate of drug-likeness (QED) is 0.807. The van der Waals surface area contributed by atoms with E-state index in [0.717, 1.165) is 12.6 Å². The molecular formula is C19H22F2N2O2. The van der Waals surface area contributed by atoms with Crippen molar-refractivity contribution in [1.82, 2.24) is 10.6 Å². The van der Waals surface area contributed by atoms with Crippen LogP contribution in [0.25, 0.3) is 11.1 Å². The lowest BCUT2D eigenvalue weighted by Crippen LogP contribution is -2.39. The molecule has 0 saturated heterocycles. The Bertz CT molecular complexity index is 750. The monoisotopic (exact) mass is 348 g/mol. The first-order valence-electron chi connectivity index (χ1n) is 8.11. The SMILES string of the molecule is CCN[C@H](C)CNC(=O)c1ccc(-c2ccc(OC)cc2F)cc1F. The van der Waals surface area contributed by atoms with Crippen molar-refractivity contribution >= 4 is 5.91 Å². The van der Waals surface area contributed by atoms with Crippen molar-refractivity contribution in [3.05, 3.63) is 53.6 Å².